The van der Waals surface area contributed by atoms with E-state index in [1.165, 1.54) is 0 Å². The first-order valence-electron chi connectivity index (χ1n) is 5.11. The summed E-state index contributed by atoms with van der Waals surface area (Å²) in [5.74, 6) is 0.0779. The van der Waals surface area contributed by atoms with E-state index in [1.807, 2.05) is 27.7 Å². The van der Waals surface area contributed by atoms with Gasteiger partial charge < -0.3 is 10.2 Å². The third-order valence-corrected chi connectivity index (χ3v) is 3.15. The molecule has 0 heterocycles. The molecule has 0 aliphatic rings. The Labute approximate surface area is 86.1 Å². The number of hydrogen-bond donors (Lipinski definition) is 2. The molecule has 0 spiro atoms. The first-order chi connectivity index (χ1) is 6.36. The zero-order chi connectivity index (χ0) is 11.4. The Morgan fingerprint density at radius 2 is 1.64 bits per heavy atom. The van der Waals surface area contributed by atoms with E-state index in [0.717, 1.165) is 0 Å². The van der Waals surface area contributed by atoms with Crippen LogP contribution in [0.25, 0.3) is 0 Å². The summed E-state index contributed by atoms with van der Waals surface area (Å²) in [6.45, 7) is 7.57. The molecule has 0 aromatic carbocycles. The van der Waals surface area contributed by atoms with Crippen LogP contribution in [0.15, 0.2) is 0 Å². The van der Waals surface area contributed by atoms with Crippen molar-refractivity contribution in [3.8, 4) is 0 Å². The molecule has 0 aromatic heterocycles. The van der Waals surface area contributed by atoms with Gasteiger partial charge in [-0.05, 0) is 5.92 Å². The van der Waals surface area contributed by atoms with Gasteiger partial charge in [0.1, 0.15) is 5.78 Å². The Balaban J connectivity index is 4.33. The fourth-order valence-electron chi connectivity index (χ4n) is 1.03. The van der Waals surface area contributed by atoms with Gasteiger partial charge in [-0.15, -0.1) is 0 Å². The molecule has 0 bridgehead atoms. The molecule has 0 radical (unpaired) electrons. The molecule has 0 aliphatic heterocycles. The minimum atomic E-state index is -0.372. The minimum Gasteiger partial charge on any atom is -0.396 e. The van der Waals surface area contributed by atoms with Crippen molar-refractivity contribution in [3.05, 3.63) is 0 Å². The summed E-state index contributed by atoms with van der Waals surface area (Å²) in [5.41, 5.74) is -0.372. The predicted molar refractivity (Wildman–Crippen MR) is 55.9 cm³/mol. The molecule has 84 valence electrons. The topological polar surface area (TPSA) is 57.5 Å². The minimum absolute atomic E-state index is 0.112. The van der Waals surface area contributed by atoms with Crippen molar-refractivity contribution in [2.75, 3.05) is 13.2 Å². The maximum absolute atomic E-state index is 11.8. The van der Waals surface area contributed by atoms with E-state index in [9.17, 15) is 4.79 Å². The molecular weight excluding hydrogens is 180 g/mol. The zero-order valence-electron chi connectivity index (χ0n) is 9.58. The van der Waals surface area contributed by atoms with Crippen LogP contribution in [-0.2, 0) is 4.79 Å². The van der Waals surface area contributed by atoms with E-state index in [1.54, 1.807) is 0 Å². The lowest BCUT2D eigenvalue weighted by Crippen LogP contribution is -2.32. The van der Waals surface area contributed by atoms with Crippen molar-refractivity contribution < 1.29 is 15.0 Å². The van der Waals surface area contributed by atoms with Crippen LogP contribution in [0.2, 0.25) is 0 Å². The largest absolute Gasteiger partial charge is 0.396 e. The Hall–Kier alpha value is -0.410. The monoisotopic (exact) mass is 202 g/mol. The van der Waals surface area contributed by atoms with Crippen molar-refractivity contribution >= 4 is 5.78 Å². The maximum Gasteiger partial charge on any atom is 0.139 e. The Kier molecular flexibility index (Phi) is 5.31. The van der Waals surface area contributed by atoms with Crippen molar-refractivity contribution in [1.29, 1.82) is 0 Å². The van der Waals surface area contributed by atoms with E-state index in [2.05, 4.69) is 0 Å². The highest BCUT2D eigenvalue weighted by atomic mass is 16.3. The summed E-state index contributed by atoms with van der Waals surface area (Å²) >= 11 is 0. The molecule has 0 fully saturated rings. The smallest absolute Gasteiger partial charge is 0.139 e. The summed E-state index contributed by atoms with van der Waals surface area (Å²) in [5, 5.41) is 17.7. The number of hydrogen-bond acceptors (Lipinski definition) is 3. The number of carbonyl (C=O) groups excluding carboxylic acids is 1. The lowest BCUT2D eigenvalue weighted by Gasteiger charge is -2.28. The molecule has 0 aliphatic carbocycles. The first-order valence-corrected chi connectivity index (χ1v) is 5.11. The molecule has 0 amide bonds. The summed E-state index contributed by atoms with van der Waals surface area (Å²) < 4.78 is 0. The van der Waals surface area contributed by atoms with Gasteiger partial charge in [0.15, 0.2) is 0 Å². The third-order valence-electron chi connectivity index (χ3n) is 3.15. The maximum atomic E-state index is 11.8. The molecule has 3 heteroatoms. The van der Waals surface area contributed by atoms with Crippen LogP contribution in [-0.4, -0.2) is 29.2 Å². The zero-order valence-corrected chi connectivity index (χ0v) is 9.58. The van der Waals surface area contributed by atoms with Gasteiger partial charge in [-0.3, -0.25) is 4.79 Å². The van der Waals surface area contributed by atoms with E-state index < -0.39 is 0 Å². The number of ketones is 1. The van der Waals surface area contributed by atoms with Crippen LogP contribution in [0.1, 0.15) is 34.1 Å². The fraction of sp³-hybridized carbons (Fsp3) is 0.909. The van der Waals surface area contributed by atoms with E-state index >= 15 is 0 Å². The molecule has 0 unspecified atom stereocenters. The van der Waals surface area contributed by atoms with Crippen LogP contribution in [0, 0.1) is 17.3 Å². The predicted octanol–water partition coefficient (Wildman–Crippen LogP) is 1.23. The average Bonchev–Trinajstić information content (AvgIpc) is 2.13. The summed E-state index contributed by atoms with van der Waals surface area (Å²) in [4.78, 5) is 11.8. The molecule has 0 saturated heterocycles. The molecule has 3 nitrogen and oxygen atoms in total. The average molecular weight is 202 g/mol. The Bertz CT molecular complexity index is 181. The summed E-state index contributed by atoms with van der Waals surface area (Å²) in [6.07, 6.45) is 0.262. The fourth-order valence-corrected chi connectivity index (χ4v) is 1.03. The number of carbonyl (C=O) groups is 1. The van der Waals surface area contributed by atoms with E-state index in [-0.39, 0.29) is 42.7 Å². The van der Waals surface area contributed by atoms with Gasteiger partial charge in [-0.2, -0.15) is 0 Å². The number of rotatable bonds is 6. The van der Waals surface area contributed by atoms with Crippen LogP contribution >= 0.6 is 0 Å². The standard InChI is InChI=1S/C11H22O3/c1-8(2)11(3,4)10(14)5-9(6-12)7-13/h8-9,12-13H,5-7H2,1-4H3. The summed E-state index contributed by atoms with van der Waals surface area (Å²) in [7, 11) is 0. The highest BCUT2D eigenvalue weighted by Gasteiger charge is 2.31. The first kappa shape index (κ1) is 13.6. The molecular formula is C11H22O3. The van der Waals surface area contributed by atoms with Gasteiger partial charge in [-0.25, -0.2) is 0 Å². The quantitative estimate of drug-likeness (QED) is 0.681. The molecule has 0 rings (SSSR count). The van der Waals surface area contributed by atoms with Crippen molar-refractivity contribution in [2.24, 2.45) is 17.3 Å². The highest BCUT2D eigenvalue weighted by molar-refractivity contribution is 5.84. The van der Waals surface area contributed by atoms with E-state index in [4.69, 9.17) is 10.2 Å². The molecule has 0 saturated carbocycles. The van der Waals surface area contributed by atoms with Gasteiger partial charge in [0.2, 0.25) is 0 Å². The number of aliphatic hydroxyl groups excluding tert-OH is 2. The van der Waals surface area contributed by atoms with Gasteiger partial charge in [0.25, 0.3) is 0 Å². The third kappa shape index (κ3) is 3.39. The van der Waals surface area contributed by atoms with Gasteiger partial charge in [-0.1, -0.05) is 27.7 Å². The van der Waals surface area contributed by atoms with Crippen molar-refractivity contribution in [3.63, 3.8) is 0 Å². The number of Topliss-reactive ketones (excluding diaryl/α,β-unsaturated/α-hetero) is 1. The van der Waals surface area contributed by atoms with Gasteiger partial charge in [0, 0.05) is 31.0 Å². The second kappa shape index (κ2) is 5.47. The second-order valence-electron chi connectivity index (χ2n) is 4.73. The van der Waals surface area contributed by atoms with Crippen LogP contribution in [0.4, 0.5) is 0 Å². The molecule has 0 aromatic rings. The normalized spacial score (nSPS) is 12.6. The van der Waals surface area contributed by atoms with Crippen LogP contribution < -0.4 is 0 Å². The second-order valence-corrected chi connectivity index (χ2v) is 4.73. The lowest BCUT2D eigenvalue weighted by atomic mass is 9.75. The Morgan fingerprint density at radius 1 is 1.21 bits per heavy atom. The van der Waals surface area contributed by atoms with Gasteiger partial charge in [0.05, 0.1) is 0 Å². The van der Waals surface area contributed by atoms with Crippen molar-refractivity contribution in [1.82, 2.24) is 0 Å². The Morgan fingerprint density at radius 3 is 1.93 bits per heavy atom. The lowest BCUT2D eigenvalue weighted by molar-refractivity contribution is -0.130. The van der Waals surface area contributed by atoms with Gasteiger partial charge >= 0.3 is 0 Å². The highest BCUT2D eigenvalue weighted by Crippen LogP contribution is 2.29. The SMILES string of the molecule is CC(C)C(C)(C)C(=O)CC(CO)CO. The molecule has 2 N–H and O–H groups in total. The molecule has 14 heavy (non-hydrogen) atoms. The van der Waals surface area contributed by atoms with Crippen molar-refractivity contribution in [2.45, 2.75) is 34.1 Å². The van der Waals surface area contributed by atoms with Crippen LogP contribution in [0.3, 0.4) is 0 Å². The molecule has 0 atom stereocenters. The number of aliphatic hydroxyl groups is 2. The van der Waals surface area contributed by atoms with E-state index in [0.29, 0.717) is 0 Å². The summed E-state index contributed by atoms with van der Waals surface area (Å²) in [6, 6.07) is 0. The van der Waals surface area contributed by atoms with Crippen LogP contribution in [0.5, 0.6) is 0 Å².